The van der Waals surface area contributed by atoms with Gasteiger partial charge in [-0.25, -0.2) is 0 Å². The SMILES string of the molecule is OC(c1ccccc1)c1ccc(Cl)cc1N1CCCC1. The van der Waals surface area contributed by atoms with E-state index >= 15 is 0 Å². The molecule has 1 heterocycles. The summed E-state index contributed by atoms with van der Waals surface area (Å²) >= 11 is 6.14. The molecular weight excluding hydrogens is 270 g/mol. The zero-order chi connectivity index (χ0) is 13.9. The molecule has 1 fully saturated rings. The standard InChI is InChI=1S/C17H18ClNO/c18-14-8-9-15(16(12-14)19-10-4-5-11-19)17(20)13-6-2-1-3-7-13/h1-3,6-9,12,17,20H,4-5,10-11H2. The lowest BCUT2D eigenvalue weighted by atomic mass is 9.99. The maximum Gasteiger partial charge on any atom is 0.106 e. The molecule has 0 aliphatic carbocycles. The van der Waals surface area contributed by atoms with Crippen molar-refractivity contribution in [2.75, 3.05) is 18.0 Å². The molecule has 1 N–H and O–H groups in total. The smallest absolute Gasteiger partial charge is 0.106 e. The Morgan fingerprint density at radius 2 is 1.70 bits per heavy atom. The average molecular weight is 288 g/mol. The molecule has 0 spiro atoms. The number of hydrogen-bond donors (Lipinski definition) is 1. The third kappa shape index (κ3) is 2.67. The van der Waals surface area contributed by atoms with Crippen LogP contribution < -0.4 is 4.90 Å². The fraction of sp³-hybridized carbons (Fsp3) is 0.294. The monoisotopic (exact) mass is 287 g/mol. The summed E-state index contributed by atoms with van der Waals surface area (Å²) in [5.74, 6) is 0. The Kier molecular flexibility index (Phi) is 3.95. The van der Waals surface area contributed by atoms with Crippen LogP contribution >= 0.6 is 11.6 Å². The molecule has 2 nitrogen and oxygen atoms in total. The van der Waals surface area contributed by atoms with Gasteiger partial charge >= 0.3 is 0 Å². The molecule has 2 aromatic carbocycles. The molecule has 0 aromatic heterocycles. The lowest BCUT2D eigenvalue weighted by molar-refractivity contribution is 0.220. The van der Waals surface area contributed by atoms with Gasteiger partial charge in [-0.05, 0) is 30.5 Å². The van der Waals surface area contributed by atoms with Crippen molar-refractivity contribution in [1.29, 1.82) is 0 Å². The van der Waals surface area contributed by atoms with Crippen LogP contribution in [0.1, 0.15) is 30.1 Å². The maximum absolute atomic E-state index is 10.7. The minimum absolute atomic E-state index is 0.607. The molecule has 0 amide bonds. The number of halogens is 1. The first-order chi connectivity index (χ1) is 9.75. The number of hydrogen-bond acceptors (Lipinski definition) is 2. The predicted octanol–water partition coefficient (Wildman–Crippen LogP) is 4.02. The molecule has 1 unspecified atom stereocenters. The van der Waals surface area contributed by atoms with Crippen molar-refractivity contribution in [3.05, 3.63) is 64.7 Å². The zero-order valence-corrected chi connectivity index (χ0v) is 12.1. The van der Waals surface area contributed by atoms with Gasteiger partial charge in [0.05, 0.1) is 0 Å². The number of nitrogens with zero attached hydrogens (tertiary/aromatic N) is 1. The molecule has 0 radical (unpaired) electrons. The van der Waals surface area contributed by atoms with Gasteiger partial charge in [-0.3, -0.25) is 0 Å². The van der Waals surface area contributed by atoms with Gasteiger partial charge in [-0.2, -0.15) is 0 Å². The molecule has 0 saturated carbocycles. The largest absolute Gasteiger partial charge is 0.384 e. The van der Waals surface area contributed by atoms with E-state index in [1.807, 2.05) is 48.5 Å². The topological polar surface area (TPSA) is 23.5 Å². The van der Waals surface area contributed by atoms with Crippen molar-refractivity contribution >= 4 is 17.3 Å². The van der Waals surface area contributed by atoms with Gasteiger partial charge in [0.25, 0.3) is 0 Å². The van der Waals surface area contributed by atoms with Crippen molar-refractivity contribution in [2.24, 2.45) is 0 Å². The Bertz CT molecular complexity index is 579. The second-order valence-corrected chi connectivity index (χ2v) is 5.65. The van der Waals surface area contributed by atoms with Crippen molar-refractivity contribution in [1.82, 2.24) is 0 Å². The van der Waals surface area contributed by atoms with E-state index in [4.69, 9.17) is 11.6 Å². The Balaban J connectivity index is 2.00. The Labute approximate surface area is 124 Å². The van der Waals surface area contributed by atoms with Crippen LogP contribution in [0.15, 0.2) is 48.5 Å². The molecule has 104 valence electrons. The van der Waals surface area contributed by atoms with E-state index in [1.165, 1.54) is 12.8 Å². The minimum Gasteiger partial charge on any atom is -0.384 e. The second-order valence-electron chi connectivity index (χ2n) is 5.21. The van der Waals surface area contributed by atoms with Crippen molar-refractivity contribution in [3.63, 3.8) is 0 Å². The number of rotatable bonds is 3. The third-order valence-electron chi connectivity index (χ3n) is 3.85. The fourth-order valence-electron chi connectivity index (χ4n) is 2.79. The van der Waals surface area contributed by atoms with Crippen LogP contribution in [-0.4, -0.2) is 18.2 Å². The van der Waals surface area contributed by atoms with Gasteiger partial charge in [0.1, 0.15) is 6.10 Å². The second kappa shape index (κ2) is 5.86. The van der Waals surface area contributed by atoms with E-state index in [0.717, 1.165) is 34.9 Å². The number of aliphatic hydroxyl groups is 1. The van der Waals surface area contributed by atoms with Crippen LogP contribution in [0, 0.1) is 0 Å². The highest BCUT2D eigenvalue weighted by Crippen LogP contribution is 2.34. The van der Waals surface area contributed by atoms with Crippen LogP contribution in [0.2, 0.25) is 5.02 Å². The van der Waals surface area contributed by atoms with Gasteiger partial charge in [-0.15, -0.1) is 0 Å². The maximum atomic E-state index is 10.7. The van der Waals surface area contributed by atoms with E-state index in [1.54, 1.807) is 0 Å². The highest BCUT2D eigenvalue weighted by atomic mass is 35.5. The van der Waals surface area contributed by atoms with Crippen molar-refractivity contribution < 1.29 is 5.11 Å². The van der Waals surface area contributed by atoms with Gasteiger partial charge in [0, 0.05) is 29.4 Å². The summed E-state index contributed by atoms with van der Waals surface area (Å²) in [7, 11) is 0. The van der Waals surface area contributed by atoms with Gasteiger partial charge in [0.15, 0.2) is 0 Å². The molecular formula is C17H18ClNO. The molecule has 20 heavy (non-hydrogen) atoms. The van der Waals surface area contributed by atoms with E-state index < -0.39 is 6.10 Å². The summed E-state index contributed by atoms with van der Waals surface area (Å²) in [5, 5.41) is 11.4. The summed E-state index contributed by atoms with van der Waals surface area (Å²) in [5.41, 5.74) is 2.91. The molecule has 1 atom stereocenters. The summed E-state index contributed by atoms with van der Waals surface area (Å²) in [4.78, 5) is 2.31. The normalized spacial score (nSPS) is 16.4. The molecule has 3 rings (SSSR count). The molecule has 1 saturated heterocycles. The van der Waals surface area contributed by atoms with Crippen LogP contribution in [0.25, 0.3) is 0 Å². The van der Waals surface area contributed by atoms with Gasteiger partial charge in [-0.1, -0.05) is 48.0 Å². The fourth-order valence-corrected chi connectivity index (χ4v) is 2.96. The first kappa shape index (κ1) is 13.5. The van der Waals surface area contributed by atoms with E-state index in [-0.39, 0.29) is 0 Å². The van der Waals surface area contributed by atoms with Gasteiger partial charge < -0.3 is 10.0 Å². The number of aliphatic hydroxyl groups excluding tert-OH is 1. The average Bonchev–Trinajstić information content (AvgIpc) is 3.01. The van der Waals surface area contributed by atoms with E-state index in [0.29, 0.717) is 0 Å². The van der Waals surface area contributed by atoms with Crippen molar-refractivity contribution in [2.45, 2.75) is 18.9 Å². The number of benzene rings is 2. The first-order valence-electron chi connectivity index (χ1n) is 7.03. The van der Waals surface area contributed by atoms with Crippen molar-refractivity contribution in [3.8, 4) is 0 Å². The van der Waals surface area contributed by atoms with E-state index in [9.17, 15) is 5.11 Å². The Morgan fingerprint density at radius 1 is 1.00 bits per heavy atom. The van der Waals surface area contributed by atoms with Crippen LogP contribution in [0.5, 0.6) is 0 Å². The Morgan fingerprint density at radius 3 is 2.40 bits per heavy atom. The van der Waals surface area contributed by atoms with Crippen LogP contribution in [-0.2, 0) is 0 Å². The Hall–Kier alpha value is -1.51. The summed E-state index contributed by atoms with van der Waals surface area (Å²) in [6, 6.07) is 15.5. The lowest BCUT2D eigenvalue weighted by Crippen LogP contribution is -2.20. The van der Waals surface area contributed by atoms with E-state index in [2.05, 4.69) is 4.90 Å². The van der Waals surface area contributed by atoms with Crippen LogP contribution in [0.3, 0.4) is 0 Å². The molecule has 0 bridgehead atoms. The van der Waals surface area contributed by atoms with Gasteiger partial charge in [0.2, 0.25) is 0 Å². The van der Waals surface area contributed by atoms with Crippen LogP contribution in [0.4, 0.5) is 5.69 Å². The summed E-state index contributed by atoms with van der Waals surface area (Å²) < 4.78 is 0. The third-order valence-corrected chi connectivity index (χ3v) is 4.08. The molecule has 3 heteroatoms. The highest BCUT2D eigenvalue weighted by Gasteiger charge is 2.21. The highest BCUT2D eigenvalue weighted by molar-refractivity contribution is 6.30. The summed E-state index contributed by atoms with van der Waals surface area (Å²) in [6.07, 6.45) is 1.80. The molecule has 2 aromatic rings. The zero-order valence-electron chi connectivity index (χ0n) is 11.3. The quantitative estimate of drug-likeness (QED) is 0.921. The molecule has 1 aliphatic heterocycles. The molecule has 1 aliphatic rings. The first-order valence-corrected chi connectivity index (χ1v) is 7.41. The summed E-state index contributed by atoms with van der Waals surface area (Å²) in [6.45, 7) is 2.07. The lowest BCUT2D eigenvalue weighted by Gasteiger charge is -2.24. The minimum atomic E-state index is -0.607. The predicted molar refractivity (Wildman–Crippen MR) is 83.4 cm³/mol. The number of anilines is 1.